The molecule has 1 amide bonds. The highest BCUT2D eigenvalue weighted by atomic mass is 79.9. The van der Waals surface area contributed by atoms with Crippen LogP contribution in [0.3, 0.4) is 0 Å². The fraction of sp³-hybridized carbons (Fsp3) is 0.357. The van der Waals surface area contributed by atoms with E-state index in [-0.39, 0.29) is 12.0 Å². The summed E-state index contributed by atoms with van der Waals surface area (Å²) in [7, 11) is 0. The molecule has 1 fully saturated rings. The maximum atomic E-state index is 12.1. The third-order valence-electron chi connectivity index (χ3n) is 3.29. The number of amides is 1. The molecule has 1 unspecified atom stereocenters. The maximum absolute atomic E-state index is 12.1. The van der Waals surface area contributed by atoms with Gasteiger partial charge >= 0.3 is 0 Å². The van der Waals surface area contributed by atoms with Crippen molar-refractivity contribution in [3.05, 3.63) is 40.9 Å². The van der Waals surface area contributed by atoms with Crippen LogP contribution in [0, 0.1) is 0 Å². The van der Waals surface area contributed by atoms with Gasteiger partial charge in [0.05, 0.1) is 24.5 Å². The first-order valence-electron chi connectivity index (χ1n) is 6.78. The summed E-state index contributed by atoms with van der Waals surface area (Å²) in [6.07, 6.45) is 7.43. The van der Waals surface area contributed by atoms with Gasteiger partial charge in [0, 0.05) is 24.6 Å². The van der Waals surface area contributed by atoms with Gasteiger partial charge in [0.15, 0.2) is 0 Å². The number of carbonyl (C=O) groups excluding carboxylic acids is 1. The first kappa shape index (κ1) is 14.2. The van der Waals surface area contributed by atoms with Crippen molar-refractivity contribution in [3.8, 4) is 0 Å². The summed E-state index contributed by atoms with van der Waals surface area (Å²) in [5, 5.41) is 7.06. The molecule has 0 aliphatic carbocycles. The number of rotatable bonds is 4. The van der Waals surface area contributed by atoms with Gasteiger partial charge in [0.1, 0.15) is 4.60 Å². The highest BCUT2D eigenvalue weighted by Gasteiger charge is 2.16. The van der Waals surface area contributed by atoms with E-state index >= 15 is 0 Å². The Hall–Kier alpha value is -1.73. The number of anilines is 1. The summed E-state index contributed by atoms with van der Waals surface area (Å²) in [5.74, 6) is -0.185. The van der Waals surface area contributed by atoms with Gasteiger partial charge in [0.2, 0.25) is 0 Å². The molecule has 0 saturated carbocycles. The molecule has 2 aromatic heterocycles. The van der Waals surface area contributed by atoms with E-state index in [0.29, 0.717) is 15.9 Å². The van der Waals surface area contributed by atoms with Gasteiger partial charge in [-0.1, -0.05) is 0 Å². The van der Waals surface area contributed by atoms with Gasteiger partial charge in [0.25, 0.3) is 5.91 Å². The predicted octanol–water partition coefficient (Wildman–Crippen LogP) is 2.47. The smallest absolute Gasteiger partial charge is 0.255 e. The van der Waals surface area contributed by atoms with Crippen molar-refractivity contribution >= 4 is 27.5 Å². The second kappa shape index (κ2) is 6.36. The molecule has 2 aromatic rings. The van der Waals surface area contributed by atoms with Gasteiger partial charge in [-0.25, -0.2) is 4.98 Å². The fourth-order valence-electron chi connectivity index (χ4n) is 2.27. The van der Waals surface area contributed by atoms with Crippen molar-refractivity contribution in [2.45, 2.75) is 25.5 Å². The number of carbonyl (C=O) groups is 1. The van der Waals surface area contributed by atoms with Gasteiger partial charge in [-0.05, 0) is 40.9 Å². The standard InChI is InChI=1S/C14H15BrN4O2/c15-13-6-10(3-4-16-13)14(20)18-11-7-17-19(8-11)9-12-2-1-5-21-12/h3-4,6-8,12H,1-2,5,9H2,(H,18,20). The van der Waals surface area contributed by atoms with Gasteiger partial charge in [-0.15, -0.1) is 0 Å². The van der Waals surface area contributed by atoms with E-state index in [2.05, 4.69) is 31.3 Å². The number of nitrogens with zero attached hydrogens (tertiary/aromatic N) is 3. The van der Waals surface area contributed by atoms with Crippen LogP contribution in [0.5, 0.6) is 0 Å². The molecule has 3 heterocycles. The highest BCUT2D eigenvalue weighted by Crippen LogP contribution is 2.15. The molecule has 1 aliphatic heterocycles. The molecule has 1 atom stereocenters. The summed E-state index contributed by atoms with van der Waals surface area (Å²) in [6, 6.07) is 3.34. The Bertz CT molecular complexity index is 637. The van der Waals surface area contributed by atoms with Crippen LogP contribution in [-0.2, 0) is 11.3 Å². The van der Waals surface area contributed by atoms with Gasteiger partial charge in [-0.2, -0.15) is 5.10 Å². The molecular weight excluding hydrogens is 336 g/mol. The van der Waals surface area contributed by atoms with Crippen LogP contribution >= 0.6 is 15.9 Å². The number of ether oxygens (including phenoxy) is 1. The minimum Gasteiger partial charge on any atom is -0.376 e. The predicted molar refractivity (Wildman–Crippen MR) is 81.1 cm³/mol. The van der Waals surface area contributed by atoms with Crippen molar-refractivity contribution in [1.29, 1.82) is 0 Å². The van der Waals surface area contributed by atoms with Gasteiger partial charge in [-0.3, -0.25) is 9.48 Å². The molecule has 1 saturated heterocycles. The number of aromatic nitrogens is 3. The van der Waals surface area contributed by atoms with E-state index in [9.17, 15) is 4.79 Å². The lowest BCUT2D eigenvalue weighted by Gasteiger charge is -2.08. The quantitative estimate of drug-likeness (QED) is 0.860. The Morgan fingerprint density at radius 1 is 1.57 bits per heavy atom. The Labute approximate surface area is 130 Å². The van der Waals surface area contributed by atoms with Crippen molar-refractivity contribution in [2.24, 2.45) is 0 Å². The summed E-state index contributed by atoms with van der Waals surface area (Å²) < 4.78 is 8.00. The zero-order valence-electron chi connectivity index (χ0n) is 11.3. The number of halogens is 1. The molecule has 1 N–H and O–H groups in total. The first-order valence-corrected chi connectivity index (χ1v) is 7.57. The highest BCUT2D eigenvalue weighted by molar-refractivity contribution is 9.10. The second-order valence-electron chi connectivity index (χ2n) is 4.91. The van der Waals surface area contributed by atoms with E-state index in [1.807, 2.05) is 6.20 Å². The number of nitrogens with one attached hydrogen (secondary N) is 1. The van der Waals surface area contributed by atoms with Crippen LogP contribution < -0.4 is 5.32 Å². The van der Waals surface area contributed by atoms with Crippen LogP contribution in [0.1, 0.15) is 23.2 Å². The topological polar surface area (TPSA) is 69.0 Å². The average Bonchev–Trinajstić information content (AvgIpc) is 3.11. The Morgan fingerprint density at radius 2 is 2.48 bits per heavy atom. The lowest BCUT2D eigenvalue weighted by atomic mass is 10.2. The number of hydrogen-bond donors (Lipinski definition) is 1. The largest absolute Gasteiger partial charge is 0.376 e. The zero-order chi connectivity index (χ0) is 14.7. The minimum absolute atomic E-state index is 0.185. The molecule has 0 bridgehead atoms. The molecule has 110 valence electrons. The second-order valence-corrected chi connectivity index (χ2v) is 5.72. The number of hydrogen-bond acceptors (Lipinski definition) is 4. The first-order chi connectivity index (χ1) is 10.2. The molecule has 1 aliphatic rings. The van der Waals surface area contributed by atoms with Crippen molar-refractivity contribution in [3.63, 3.8) is 0 Å². The van der Waals surface area contributed by atoms with Crippen LogP contribution in [0.4, 0.5) is 5.69 Å². The Balaban J connectivity index is 1.62. The molecule has 21 heavy (non-hydrogen) atoms. The van der Waals surface area contributed by atoms with Crippen LogP contribution in [-0.4, -0.2) is 33.4 Å². The Morgan fingerprint density at radius 3 is 3.24 bits per heavy atom. The summed E-state index contributed by atoms with van der Waals surface area (Å²) in [4.78, 5) is 16.1. The summed E-state index contributed by atoms with van der Waals surface area (Å²) >= 11 is 3.25. The van der Waals surface area contributed by atoms with Crippen molar-refractivity contribution in [2.75, 3.05) is 11.9 Å². The van der Waals surface area contributed by atoms with Crippen LogP contribution in [0.2, 0.25) is 0 Å². The lowest BCUT2D eigenvalue weighted by Crippen LogP contribution is -2.15. The summed E-state index contributed by atoms with van der Waals surface area (Å²) in [5.41, 5.74) is 1.22. The molecule has 0 aromatic carbocycles. The molecule has 0 radical (unpaired) electrons. The lowest BCUT2D eigenvalue weighted by molar-refractivity contribution is 0.0940. The molecule has 3 rings (SSSR count). The third-order valence-corrected chi connectivity index (χ3v) is 3.73. The average molecular weight is 351 g/mol. The van der Waals surface area contributed by atoms with E-state index in [0.717, 1.165) is 26.0 Å². The van der Waals surface area contributed by atoms with E-state index in [4.69, 9.17) is 4.74 Å². The van der Waals surface area contributed by atoms with E-state index < -0.39 is 0 Å². The van der Waals surface area contributed by atoms with Crippen molar-refractivity contribution < 1.29 is 9.53 Å². The van der Waals surface area contributed by atoms with E-state index in [1.54, 1.807) is 29.2 Å². The molecule has 0 spiro atoms. The van der Waals surface area contributed by atoms with Crippen molar-refractivity contribution in [1.82, 2.24) is 14.8 Å². The van der Waals surface area contributed by atoms with E-state index in [1.165, 1.54) is 0 Å². The monoisotopic (exact) mass is 350 g/mol. The van der Waals surface area contributed by atoms with Crippen LogP contribution in [0.25, 0.3) is 0 Å². The SMILES string of the molecule is O=C(Nc1cnn(CC2CCCO2)c1)c1ccnc(Br)c1. The zero-order valence-corrected chi connectivity index (χ0v) is 12.9. The Kier molecular flexibility index (Phi) is 4.31. The normalized spacial score (nSPS) is 17.9. The fourth-order valence-corrected chi connectivity index (χ4v) is 2.64. The molecule has 6 nitrogen and oxygen atoms in total. The van der Waals surface area contributed by atoms with Crippen LogP contribution in [0.15, 0.2) is 35.3 Å². The molecular formula is C14H15BrN4O2. The third kappa shape index (κ3) is 3.68. The summed E-state index contributed by atoms with van der Waals surface area (Å²) in [6.45, 7) is 1.54. The minimum atomic E-state index is -0.185. The molecule has 7 heteroatoms. The maximum Gasteiger partial charge on any atom is 0.255 e. The van der Waals surface area contributed by atoms with Gasteiger partial charge < -0.3 is 10.1 Å². The number of pyridine rings is 1.